The number of fused-ring (bicyclic) bond motifs is 4. The van der Waals surface area contributed by atoms with Crippen LogP contribution in [0.3, 0.4) is 0 Å². The van der Waals surface area contributed by atoms with Gasteiger partial charge in [-0.25, -0.2) is 9.89 Å². The second kappa shape index (κ2) is 7.86. The second-order valence-electron chi connectivity index (χ2n) is 8.18. The van der Waals surface area contributed by atoms with Gasteiger partial charge < -0.3 is 19.1 Å². The predicted octanol–water partition coefficient (Wildman–Crippen LogP) is -0.286. The van der Waals surface area contributed by atoms with Crippen molar-refractivity contribution in [1.29, 1.82) is 0 Å². The van der Waals surface area contributed by atoms with Gasteiger partial charge >= 0.3 is 5.56 Å². The van der Waals surface area contributed by atoms with Crippen LogP contribution in [0.4, 0.5) is 5.69 Å². The van der Waals surface area contributed by atoms with E-state index < -0.39 is 10.8 Å². The molecule has 2 N–H and O–H groups in total. The summed E-state index contributed by atoms with van der Waals surface area (Å²) in [4.78, 5) is 39.5. The van der Waals surface area contributed by atoms with Crippen LogP contribution in [-0.4, -0.2) is 43.5 Å². The lowest BCUT2D eigenvalue weighted by Gasteiger charge is -2.42. The summed E-state index contributed by atoms with van der Waals surface area (Å²) >= 11 is 0. The van der Waals surface area contributed by atoms with E-state index in [-0.39, 0.29) is 35.5 Å². The smallest absolute Gasteiger partial charge is 0.315 e. The number of aromatic nitrogens is 3. The Bertz CT molecular complexity index is 1280. The number of piperidine rings is 1. The quantitative estimate of drug-likeness (QED) is 0.533. The molecule has 166 valence electrons. The van der Waals surface area contributed by atoms with Gasteiger partial charge in [0.15, 0.2) is 5.76 Å². The number of nitrogens with zero attached hydrogens (tertiary/aromatic N) is 4. The molecule has 2 aliphatic heterocycles. The summed E-state index contributed by atoms with van der Waals surface area (Å²) in [7, 11) is 0. The van der Waals surface area contributed by atoms with Gasteiger partial charge in [0.1, 0.15) is 12.2 Å². The third-order valence-electron chi connectivity index (χ3n) is 6.11. The Hall–Kier alpha value is -3.54. The van der Waals surface area contributed by atoms with Crippen LogP contribution in [0, 0.1) is 11.1 Å². The zero-order valence-electron chi connectivity index (χ0n) is 17.0. The van der Waals surface area contributed by atoms with Gasteiger partial charge in [-0.2, -0.15) is 10.3 Å². The molecule has 2 bridgehead atoms. The average molecular weight is 439 g/mol. The van der Waals surface area contributed by atoms with Crippen molar-refractivity contribution in [3.8, 4) is 11.5 Å². The largest absolute Gasteiger partial charge is 0.595 e. The van der Waals surface area contributed by atoms with Crippen molar-refractivity contribution < 1.29 is 19.6 Å². The molecule has 5 heterocycles. The number of carbonyl (C=O) groups is 1. The maximum Gasteiger partial charge on any atom is 0.315 e. The monoisotopic (exact) mass is 439 g/mol. The molecule has 1 amide bonds. The van der Waals surface area contributed by atoms with Crippen molar-refractivity contribution in [3.63, 3.8) is 0 Å². The number of hydrogen-bond donors (Lipinski definition) is 2. The van der Waals surface area contributed by atoms with Gasteiger partial charge in [-0.15, -0.1) is 0 Å². The Balaban J connectivity index is 1.37. The third kappa shape index (κ3) is 3.55. The number of furan rings is 1. The number of hydrogen-bond acceptors (Lipinski definition) is 7. The first-order valence-electron chi connectivity index (χ1n) is 10.3. The van der Waals surface area contributed by atoms with E-state index in [4.69, 9.17) is 4.42 Å². The van der Waals surface area contributed by atoms with Crippen molar-refractivity contribution in [2.75, 3.05) is 13.1 Å². The number of quaternary nitrogens is 1. The van der Waals surface area contributed by atoms with E-state index >= 15 is 0 Å². The van der Waals surface area contributed by atoms with Crippen LogP contribution in [0.5, 0.6) is 0 Å². The minimum absolute atomic E-state index is 0.0334. The van der Waals surface area contributed by atoms with E-state index in [0.717, 1.165) is 16.8 Å². The van der Waals surface area contributed by atoms with E-state index in [2.05, 4.69) is 5.10 Å². The fraction of sp³-hybridized carbons (Fsp3) is 0.333. The van der Waals surface area contributed by atoms with E-state index in [0.29, 0.717) is 31.1 Å². The number of nitrogens with one attached hydrogen (secondary N) is 1. The van der Waals surface area contributed by atoms with Crippen LogP contribution >= 0.6 is 0 Å². The van der Waals surface area contributed by atoms with Gasteiger partial charge in [-0.1, -0.05) is 0 Å². The first-order chi connectivity index (χ1) is 15.4. The molecule has 2 aliphatic rings. The molecule has 0 spiro atoms. The molecule has 3 unspecified atom stereocenters. The minimum atomic E-state index is -1.24. The lowest BCUT2D eigenvalue weighted by molar-refractivity contribution is -0.992. The summed E-state index contributed by atoms with van der Waals surface area (Å²) in [6, 6.07) is 9.34. The molecule has 0 saturated carbocycles. The summed E-state index contributed by atoms with van der Waals surface area (Å²) in [6.45, 7) is 0.998. The van der Waals surface area contributed by atoms with Crippen molar-refractivity contribution >= 4 is 11.6 Å². The SMILES string of the molecule is O=C(Cn1nc(-c2ccco2)ccc1=O)N1CC2CC(C1)c1ccc([NH+]([O-])O)c(=O)n1C2. The summed E-state index contributed by atoms with van der Waals surface area (Å²) in [6.07, 6.45) is 2.33. The van der Waals surface area contributed by atoms with Crippen LogP contribution in [-0.2, 0) is 17.9 Å². The van der Waals surface area contributed by atoms with Gasteiger partial charge in [0.25, 0.3) is 5.56 Å². The molecule has 32 heavy (non-hydrogen) atoms. The zero-order valence-corrected chi connectivity index (χ0v) is 17.0. The minimum Gasteiger partial charge on any atom is -0.595 e. The average Bonchev–Trinajstić information content (AvgIpc) is 3.30. The Morgan fingerprint density at radius 1 is 1.19 bits per heavy atom. The van der Waals surface area contributed by atoms with Crippen molar-refractivity contribution in [2.24, 2.45) is 5.92 Å². The fourth-order valence-electron chi connectivity index (χ4n) is 4.66. The Morgan fingerprint density at radius 2 is 2.03 bits per heavy atom. The zero-order chi connectivity index (χ0) is 22.4. The van der Waals surface area contributed by atoms with E-state index in [1.54, 1.807) is 29.2 Å². The van der Waals surface area contributed by atoms with Crippen molar-refractivity contribution in [1.82, 2.24) is 19.2 Å². The first-order valence-corrected chi connectivity index (χ1v) is 10.3. The van der Waals surface area contributed by atoms with Crippen molar-refractivity contribution in [2.45, 2.75) is 25.4 Å². The van der Waals surface area contributed by atoms with Gasteiger partial charge in [-0.05, 0) is 36.6 Å². The Kier molecular flexibility index (Phi) is 5.00. The first kappa shape index (κ1) is 20.4. The van der Waals surface area contributed by atoms with Crippen LogP contribution < -0.4 is 16.3 Å². The highest BCUT2D eigenvalue weighted by Crippen LogP contribution is 2.35. The Morgan fingerprint density at radius 3 is 2.78 bits per heavy atom. The molecular formula is C21H21N5O6. The van der Waals surface area contributed by atoms with Crippen molar-refractivity contribution in [3.05, 3.63) is 74.3 Å². The molecular weight excluding hydrogens is 418 g/mol. The number of rotatable bonds is 4. The summed E-state index contributed by atoms with van der Waals surface area (Å²) in [5.41, 5.74) is 0.0618. The highest BCUT2D eigenvalue weighted by Gasteiger charge is 2.37. The second-order valence-corrected chi connectivity index (χ2v) is 8.18. The maximum atomic E-state index is 13.0. The molecule has 0 aromatic carbocycles. The summed E-state index contributed by atoms with van der Waals surface area (Å²) in [5.74, 6) is 0.234. The molecule has 11 heteroatoms. The van der Waals surface area contributed by atoms with Crippen LogP contribution in [0.15, 0.2) is 56.7 Å². The molecule has 3 aromatic heterocycles. The maximum absolute atomic E-state index is 13.0. The number of amides is 1. The molecule has 0 radical (unpaired) electrons. The molecule has 11 nitrogen and oxygen atoms in total. The number of carbonyl (C=O) groups excluding carboxylic acids is 1. The molecule has 0 aliphatic carbocycles. The van der Waals surface area contributed by atoms with Crippen LogP contribution in [0.25, 0.3) is 11.5 Å². The number of likely N-dealkylation sites (tertiary alicyclic amines) is 1. The van der Waals surface area contributed by atoms with E-state index in [9.17, 15) is 24.8 Å². The van der Waals surface area contributed by atoms with E-state index in [1.807, 2.05) is 0 Å². The normalized spacial score (nSPS) is 20.6. The molecule has 1 fully saturated rings. The standard InChI is InChI=1S/C21H21N5O6/c27-19-6-3-15(18-2-1-7-32-18)22-25(19)12-20(28)23-9-13-8-14(11-23)16-4-5-17(26(30)31)21(29)24(16)10-13/h1-7,13-14,26,30H,8-12H2. The molecule has 1 saturated heterocycles. The summed E-state index contributed by atoms with van der Waals surface area (Å²) < 4.78 is 7.97. The van der Waals surface area contributed by atoms with Gasteiger partial charge in [0, 0.05) is 43.4 Å². The molecule has 3 atom stereocenters. The van der Waals surface area contributed by atoms with Crippen LogP contribution in [0.1, 0.15) is 18.0 Å². The Labute approximate surface area is 181 Å². The molecule has 5 rings (SSSR count). The highest BCUT2D eigenvalue weighted by molar-refractivity contribution is 5.76. The van der Waals surface area contributed by atoms with Gasteiger partial charge in [0.2, 0.25) is 11.6 Å². The number of pyridine rings is 1. The lowest BCUT2D eigenvalue weighted by atomic mass is 9.83. The molecule has 3 aromatic rings. The van der Waals surface area contributed by atoms with E-state index in [1.165, 1.54) is 23.0 Å². The van der Waals surface area contributed by atoms with Gasteiger partial charge in [0.05, 0.1) is 6.26 Å². The third-order valence-corrected chi connectivity index (χ3v) is 6.11. The van der Waals surface area contributed by atoms with Gasteiger partial charge in [-0.3, -0.25) is 14.4 Å². The summed E-state index contributed by atoms with van der Waals surface area (Å²) in [5, 5.41) is 23.5. The topological polar surface area (TPSA) is 138 Å². The fourth-order valence-corrected chi connectivity index (χ4v) is 4.66. The lowest BCUT2D eigenvalue weighted by Crippen LogP contribution is -3.00. The van der Waals surface area contributed by atoms with Crippen LogP contribution in [0.2, 0.25) is 0 Å². The predicted molar refractivity (Wildman–Crippen MR) is 110 cm³/mol. The highest BCUT2D eigenvalue weighted by atomic mass is 16.8.